The Balaban J connectivity index is 1.60. The molecule has 9 heteroatoms. The van der Waals surface area contributed by atoms with E-state index in [2.05, 4.69) is 20.0 Å². The Labute approximate surface area is 160 Å². The van der Waals surface area contributed by atoms with Gasteiger partial charge in [0.15, 0.2) is 5.76 Å². The molecule has 0 fully saturated rings. The monoisotopic (exact) mass is 398 g/mol. The number of rotatable bonds is 5. The number of hydrogen-bond acceptors (Lipinski definition) is 6. The Hall–Kier alpha value is -3.46. The third-order valence-electron chi connectivity index (χ3n) is 3.91. The third-order valence-corrected chi connectivity index (χ3v) is 4.52. The van der Waals surface area contributed by atoms with Gasteiger partial charge < -0.3 is 9.73 Å². The number of anilines is 3. The molecule has 0 aliphatic carbocycles. The highest BCUT2D eigenvalue weighted by Crippen LogP contribution is 2.29. The number of benzene rings is 2. The number of oxazole rings is 1. The maximum Gasteiger partial charge on any atom is 0.299 e. The standard InChI is InChI=1S/C19H15FN4O3S/c1-28(25,26)24-15-4-2-3-14(9-15)23-19-22-11-18(27-19)13-7-12-5-6-21-10-16(12)17(20)8-13/h2-11,24H,1H3,(H,22,23). The molecule has 0 aliphatic rings. The van der Waals surface area contributed by atoms with Crippen molar-refractivity contribution in [3.8, 4) is 11.3 Å². The van der Waals surface area contributed by atoms with Crippen molar-refractivity contribution in [1.29, 1.82) is 0 Å². The highest BCUT2D eigenvalue weighted by Gasteiger charge is 2.11. The minimum atomic E-state index is -3.38. The summed E-state index contributed by atoms with van der Waals surface area (Å²) in [5, 5.41) is 4.09. The normalized spacial score (nSPS) is 11.5. The molecule has 0 bridgehead atoms. The van der Waals surface area contributed by atoms with Crippen molar-refractivity contribution in [2.45, 2.75) is 0 Å². The lowest BCUT2D eigenvalue weighted by Gasteiger charge is -2.07. The number of halogens is 1. The van der Waals surface area contributed by atoms with E-state index in [4.69, 9.17) is 4.42 Å². The average Bonchev–Trinajstić information content (AvgIpc) is 3.09. The molecule has 7 nitrogen and oxygen atoms in total. The predicted molar refractivity (Wildman–Crippen MR) is 105 cm³/mol. The molecule has 0 aliphatic heterocycles. The van der Waals surface area contributed by atoms with Gasteiger partial charge in [-0.1, -0.05) is 6.07 Å². The summed E-state index contributed by atoms with van der Waals surface area (Å²) >= 11 is 0. The van der Waals surface area contributed by atoms with Crippen molar-refractivity contribution in [3.05, 3.63) is 66.9 Å². The van der Waals surface area contributed by atoms with Crippen LogP contribution in [0.5, 0.6) is 0 Å². The van der Waals surface area contributed by atoms with Crippen LogP contribution in [0.25, 0.3) is 22.1 Å². The van der Waals surface area contributed by atoms with Crippen molar-refractivity contribution in [3.63, 3.8) is 0 Å². The summed E-state index contributed by atoms with van der Waals surface area (Å²) in [5.41, 5.74) is 1.53. The largest absolute Gasteiger partial charge is 0.423 e. The SMILES string of the molecule is CS(=O)(=O)Nc1cccc(Nc2ncc(-c3cc(F)c4cnccc4c3)o2)c1. The van der Waals surface area contributed by atoms with Gasteiger partial charge >= 0.3 is 0 Å². The molecule has 0 radical (unpaired) electrons. The number of nitrogens with zero attached hydrogens (tertiary/aromatic N) is 2. The van der Waals surface area contributed by atoms with Gasteiger partial charge in [-0.2, -0.15) is 0 Å². The molecule has 142 valence electrons. The van der Waals surface area contributed by atoms with E-state index in [1.807, 2.05) is 0 Å². The van der Waals surface area contributed by atoms with E-state index in [-0.39, 0.29) is 6.01 Å². The minimum Gasteiger partial charge on any atom is -0.423 e. The van der Waals surface area contributed by atoms with Gasteiger partial charge in [0.25, 0.3) is 6.01 Å². The molecule has 4 aromatic rings. The molecule has 0 spiro atoms. The van der Waals surface area contributed by atoms with Crippen molar-refractivity contribution in [2.75, 3.05) is 16.3 Å². The summed E-state index contributed by atoms with van der Waals surface area (Å²) in [6.45, 7) is 0. The van der Waals surface area contributed by atoms with Gasteiger partial charge in [0.05, 0.1) is 18.1 Å². The van der Waals surface area contributed by atoms with Gasteiger partial charge in [0, 0.05) is 29.0 Å². The van der Waals surface area contributed by atoms with Crippen molar-refractivity contribution >= 4 is 38.2 Å². The van der Waals surface area contributed by atoms with E-state index in [0.717, 1.165) is 6.26 Å². The molecule has 0 amide bonds. The van der Waals surface area contributed by atoms with E-state index < -0.39 is 15.8 Å². The second-order valence-electron chi connectivity index (χ2n) is 6.16. The van der Waals surface area contributed by atoms with Gasteiger partial charge in [-0.3, -0.25) is 9.71 Å². The second-order valence-corrected chi connectivity index (χ2v) is 7.91. The summed E-state index contributed by atoms with van der Waals surface area (Å²) in [6, 6.07) is 11.7. The Morgan fingerprint density at radius 3 is 2.71 bits per heavy atom. The van der Waals surface area contributed by atoms with Crippen LogP contribution in [0.1, 0.15) is 0 Å². The number of fused-ring (bicyclic) bond motifs is 1. The molecule has 4 rings (SSSR count). The molecule has 2 aromatic heterocycles. The van der Waals surface area contributed by atoms with Crippen LogP contribution in [0.15, 0.2) is 65.5 Å². The van der Waals surface area contributed by atoms with Crippen LogP contribution < -0.4 is 10.0 Å². The quantitative estimate of drug-likeness (QED) is 0.524. The fraction of sp³-hybridized carbons (Fsp3) is 0.0526. The predicted octanol–water partition coefficient (Wildman–Crippen LogP) is 4.14. The Morgan fingerprint density at radius 1 is 1.07 bits per heavy atom. The lowest BCUT2D eigenvalue weighted by Crippen LogP contribution is -2.09. The molecule has 0 atom stereocenters. The molecule has 28 heavy (non-hydrogen) atoms. The smallest absolute Gasteiger partial charge is 0.299 e. The average molecular weight is 398 g/mol. The number of pyridine rings is 1. The first-order valence-electron chi connectivity index (χ1n) is 8.22. The first-order valence-corrected chi connectivity index (χ1v) is 10.1. The number of sulfonamides is 1. The van der Waals surface area contributed by atoms with E-state index in [0.29, 0.717) is 33.5 Å². The van der Waals surface area contributed by atoms with Gasteiger partial charge in [-0.05, 0) is 41.8 Å². The van der Waals surface area contributed by atoms with Crippen LogP contribution in [-0.2, 0) is 10.0 Å². The van der Waals surface area contributed by atoms with E-state index in [1.165, 1.54) is 18.5 Å². The van der Waals surface area contributed by atoms with Crippen LogP contribution in [0.2, 0.25) is 0 Å². The second kappa shape index (κ2) is 6.93. The maximum atomic E-state index is 14.3. The lowest BCUT2D eigenvalue weighted by atomic mass is 10.1. The zero-order valence-electron chi connectivity index (χ0n) is 14.7. The Morgan fingerprint density at radius 2 is 1.89 bits per heavy atom. The summed E-state index contributed by atoms with van der Waals surface area (Å²) in [7, 11) is -3.38. The molecule has 0 saturated carbocycles. The minimum absolute atomic E-state index is 0.196. The van der Waals surface area contributed by atoms with Gasteiger partial charge in [0.2, 0.25) is 10.0 Å². The van der Waals surface area contributed by atoms with E-state index >= 15 is 0 Å². The lowest BCUT2D eigenvalue weighted by molar-refractivity contribution is 0.590. The molecule has 0 saturated heterocycles. The first kappa shape index (κ1) is 17.9. The first-order chi connectivity index (χ1) is 13.4. The summed E-state index contributed by atoms with van der Waals surface area (Å²) in [6.07, 6.45) is 5.63. The van der Waals surface area contributed by atoms with Crippen LogP contribution >= 0.6 is 0 Å². The van der Waals surface area contributed by atoms with Crippen LogP contribution in [0, 0.1) is 5.82 Å². The fourth-order valence-electron chi connectivity index (χ4n) is 2.76. The van der Waals surface area contributed by atoms with Crippen molar-refractivity contribution in [1.82, 2.24) is 9.97 Å². The zero-order valence-corrected chi connectivity index (χ0v) is 15.5. The van der Waals surface area contributed by atoms with Gasteiger partial charge in [-0.25, -0.2) is 17.8 Å². The van der Waals surface area contributed by atoms with Gasteiger partial charge in [-0.15, -0.1) is 0 Å². The summed E-state index contributed by atoms with van der Waals surface area (Å²) in [4.78, 5) is 8.08. The van der Waals surface area contributed by atoms with Crippen LogP contribution in [0.4, 0.5) is 21.8 Å². The molecule has 2 N–H and O–H groups in total. The van der Waals surface area contributed by atoms with Crippen molar-refractivity contribution in [2.24, 2.45) is 0 Å². The van der Waals surface area contributed by atoms with Crippen LogP contribution in [0.3, 0.4) is 0 Å². The molecule has 0 unspecified atom stereocenters. The topological polar surface area (TPSA) is 97.1 Å². The fourth-order valence-corrected chi connectivity index (χ4v) is 3.31. The maximum absolute atomic E-state index is 14.3. The highest BCUT2D eigenvalue weighted by atomic mass is 32.2. The van der Waals surface area contributed by atoms with E-state index in [1.54, 1.807) is 42.6 Å². The van der Waals surface area contributed by atoms with Gasteiger partial charge in [0.1, 0.15) is 5.82 Å². The number of aromatic nitrogens is 2. The molecular formula is C19H15FN4O3S. The third kappa shape index (κ3) is 3.94. The molecule has 2 heterocycles. The van der Waals surface area contributed by atoms with Crippen LogP contribution in [-0.4, -0.2) is 24.6 Å². The Bertz CT molecular complexity index is 1270. The number of nitrogens with one attached hydrogen (secondary N) is 2. The summed E-state index contributed by atoms with van der Waals surface area (Å²) < 4.78 is 45.1. The number of hydrogen-bond donors (Lipinski definition) is 2. The zero-order chi connectivity index (χ0) is 19.7. The highest BCUT2D eigenvalue weighted by molar-refractivity contribution is 7.92. The Kier molecular flexibility index (Phi) is 4.44. The van der Waals surface area contributed by atoms with Crippen molar-refractivity contribution < 1.29 is 17.2 Å². The molecular weight excluding hydrogens is 383 g/mol. The van der Waals surface area contributed by atoms with E-state index in [9.17, 15) is 12.8 Å². The molecule has 2 aromatic carbocycles. The summed E-state index contributed by atoms with van der Waals surface area (Å²) in [5.74, 6) is -0.00316.